The average molecular weight is 267 g/mol. The van der Waals surface area contributed by atoms with Crippen LogP contribution in [0.1, 0.15) is 35.6 Å². The Hall–Kier alpha value is -1.82. The molecule has 0 spiro atoms. The summed E-state index contributed by atoms with van der Waals surface area (Å²) in [4.78, 5) is 22.7. The minimum absolute atomic E-state index is 0.0930. The highest BCUT2D eigenvalue weighted by molar-refractivity contribution is 5.91. The van der Waals surface area contributed by atoms with Crippen LogP contribution in [0.3, 0.4) is 0 Å². The van der Waals surface area contributed by atoms with Gasteiger partial charge in [0, 0.05) is 13.2 Å². The molecule has 0 bridgehead atoms. The summed E-state index contributed by atoms with van der Waals surface area (Å²) >= 11 is 0. The Labute approximate surface area is 110 Å². The number of nitrogens with one attached hydrogen (secondary N) is 1. The van der Waals surface area contributed by atoms with Crippen LogP contribution in [0.15, 0.2) is 16.5 Å². The molecule has 6 nitrogen and oxygen atoms in total. The van der Waals surface area contributed by atoms with E-state index in [0.717, 1.165) is 0 Å². The fourth-order valence-electron chi connectivity index (χ4n) is 2.31. The topological polar surface area (TPSA) is 88.8 Å². The van der Waals surface area contributed by atoms with Crippen molar-refractivity contribution in [3.8, 4) is 0 Å². The number of methoxy groups -OCH3 is 1. The second kappa shape index (κ2) is 5.88. The second-order valence-corrected chi connectivity index (χ2v) is 4.72. The Kier molecular flexibility index (Phi) is 4.21. The molecule has 19 heavy (non-hydrogen) atoms. The summed E-state index contributed by atoms with van der Waals surface area (Å²) in [6.07, 6.45) is 1.77. The zero-order valence-corrected chi connectivity index (χ0v) is 10.7. The zero-order valence-electron chi connectivity index (χ0n) is 10.7. The van der Waals surface area contributed by atoms with Crippen LogP contribution in [-0.4, -0.2) is 30.1 Å². The standard InChI is InChI=1S/C13H17NO5/c1-18-7-10-4-5-11(19-10)12(15)14-9-3-2-8(6-9)13(16)17/h4-5,8-9H,2-3,6-7H2,1H3,(H,14,15)(H,16,17)/t8-,9+/m0/s1. The van der Waals surface area contributed by atoms with Crippen LogP contribution in [0.4, 0.5) is 0 Å². The molecule has 104 valence electrons. The molecule has 2 N–H and O–H groups in total. The van der Waals surface area contributed by atoms with Gasteiger partial charge in [0.15, 0.2) is 5.76 Å². The number of hydrogen-bond donors (Lipinski definition) is 2. The van der Waals surface area contributed by atoms with Crippen LogP contribution in [0, 0.1) is 5.92 Å². The molecule has 0 radical (unpaired) electrons. The lowest BCUT2D eigenvalue weighted by molar-refractivity contribution is -0.141. The van der Waals surface area contributed by atoms with E-state index in [0.29, 0.717) is 31.6 Å². The molecule has 0 saturated heterocycles. The molecule has 1 aliphatic carbocycles. The first kappa shape index (κ1) is 13.6. The first-order valence-corrected chi connectivity index (χ1v) is 6.21. The quantitative estimate of drug-likeness (QED) is 0.842. The van der Waals surface area contributed by atoms with Crippen molar-refractivity contribution in [2.75, 3.05) is 7.11 Å². The highest BCUT2D eigenvalue weighted by Gasteiger charge is 2.31. The average Bonchev–Trinajstić information content (AvgIpc) is 2.98. The van der Waals surface area contributed by atoms with Crippen molar-refractivity contribution in [3.63, 3.8) is 0 Å². The van der Waals surface area contributed by atoms with Crippen LogP contribution in [-0.2, 0) is 16.1 Å². The summed E-state index contributed by atoms with van der Waals surface area (Å²) in [5.41, 5.74) is 0. The Bertz CT molecular complexity index is 467. The van der Waals surface area contributed by atoms with Crippen LogP contribution < -0.4 is 5.32 Å². The fourth-order valence-corrected chi connectivity index (χ4v) is 2.31. The van der Waals surface area contributed by atoms with Gasteiger partial charge in [0.25, 0.3) is 5.91 Å². The lowest BCUT2D eigenvalue weighted by Gasteiger charge is -2.10. The van der Waals surface area contributed by atoms with Gasteiger partial charge in [-0.1, -0.05) is 0 Å². The minimum atomic E-state index is -0.794. The van der Waals surface area contributed by atoms with Gasteiger partial charge in [0.1, 0.15) is 12.4 Å². The van der Waals surface area contributed by atoms with Crippen LogP contribution in [0.2, 0.25) is 0 Å². The van der Waals surface area contributed by atoms with Crippen LogP contribution in [0.25, 0.3) is 0 Å². The molecule has 0 unspecified atom stereocenters. The number of rotatable bonds is 5. The largest absolute Gasteiger partial charge is 0.481 e. The maximum atomic E-state index is 11.9. The third-order valence-corrected chi connectivity index (χ3v) is 3.29. The summed E-state index contributed by atoms with van der Waals surface area (Å²) in [6, 6.07) is 3.19. The molecule has 1 aromatic rings. The van der Waals surface area contributed by atoms with E-state index in [-0.39, 0.29) is 23.6 Å². The van der Waals surface area contributed by atoms with Gasteiger partial charge in [-0.2, -0.15) is 0 Å². The van der Waals surface area contributed by atoms with Gasteiger partial charge in [0.2, 0.25) is 0 Å². The van der Waals surface area contributed by atoms with Crippen molar-refractivity contribution in [2.24, 2.45) is 5.92 Å². The third-order valence-electron chi connectivity index (χ3n) is 3.29. The van der Waals surface area contributed by atoms with Crippen molar-refractivity contribution in [1.82, 2.24) is 5.32 Å². The Balaban J connectivity index is 1.88. The molecule has 0 aromatic carbocycles. The lowest BCUT2D eigenvalue weighted by Crippen LogP contribution is -2.33. The van der Waals surface area contributed by atoms with Crippen molar-refractivity contribution < 1.29 is 23.8 Å². The number of carbonyl (C=O) groups excluding carboxylic acids is 1. The summed E-state index contributed by atoms with van der Waals surface area (Å²) < 4.78 is 10.2. The van der Waals surface area contributed by atoms with Gasteiger partial charge in [-0.05, 0) is 31.4 Å². The van der Waals surface area contributed by atoms with E-state index in [1.807, 2.05) is 0 Å². The minimum Gasteiger partial charge on any atom is -0.481 e. The van der Waals surface area contributed by atoms with E-state index in [9.17, 15) is 9.59 Å². The highest BCUT2D eigenvalue weighted by Crippen LogP contribution is 2.26. The molecular weight excluding hydrogens is 250 g/mol. The molecule has 1 amide bonds. The zero-order chi connectivity index (χ0) is 13.8. The van der Waals surface area contributed by atoms with Gasteiger partial charge in [-0.15, -0.1) is 0 Å². The van der Waals surface area contributed by atoms with Gasteiger partial charge in [-0.3, -0.25) is 9.59 Å². The monoisotopic (exact) mass is 267 g/mol. The summed E-state index contributed by atoms with van der Waals surface area (Å²) in [7, 11) is 1.55. The summed E-state index contributed by atoms with van der Waals surface area (Å²) in [5, 5.41) is 11.7. The van der Waals surface area contributed by atoms with E-state index in [1.54, 1.807) is 19.2 Å². The first-order valence-electron chi connectivity index (χ1n) is 6.21. The lowest BCUT2D eigenvalue weighted by atomic mass is 10.1. The van der Waals surface area contributed by atoms with Crippen molar-refractivity contribution in [2.45, 2.75) is 31.9 Å². The van der Waals surface area contributed by atoms with E-state index in [2.05, 4.69) is 5.32 Å². The first-order chi connectivity index (χ1) is 9.10. The number of carboxylic acids is 1. The predicted molar refractivity (Wildman–Crippen MR) is 65.7 cm³/mol. The van der Waals surface area contributed by atoms with E-state index >= 15 is 0 Å². The number of aliphatic carboxylic acids is 1. The van der Waals surface area contributed by atoms with E-state index < -0.39 is 5.97 Å². The molecule has 2 atom stereocenters. The number of ether oxygens (including phenoxy) is 1. The van der Waals surface area contributed by atoms with Crippen LogP contribution in [0.5, 0.6) is 0 Å². The molecule has 1 aliphatic rings. The Morgan fingerprint density at radius 2 is 2.26 bits per heavy atom. The van der Waals surface area contributed by atoms with Gasteiger partial charge in [0.05, 0.1) is 5.92 Å². The fraction of sp³-hybridized carbons (Fsp3) is 0.538. The molecule has 1 saturated carbocycles. The predicted octanol–water partition coefficient (Wildman–Crippen LogP) is 1.41. The number of carboxylic acid groups (broad SMARTS) is 1. The number of furan rings is 1. The van der Waals surface area contributed by atoms with E-state index in [4.69, 9.17) is 14.3 Å². The Morgan fingerprint density at radius 1 is 1.47 bits per heavy atom. The van der Waals surface area contributed by atoms with Gasteiger partial charge < -0.3 is 19.6 Å². The molecule has 0 aliphatic heterocycles. The maximum Gasteiger partial charge on any atom is 0.306 e. The van der Waals surface area contributed by atoms with E-state index in [1.165, 1.54) is 0 Å². The molecule has 1 heterocycles. The molecule has 1 fully saturated rings. The van der Waals surface area contributed by atoms with Gasteiger partial charge in [-0.25, -0.2) is 0 Å². The van der Waals surface area contributed by atoms with Crippen molar-refractivity contribution in [1.29, 1.82) is 0 Å². The smallest absolute Gasteiger partial charge is 0.306 e. The number of amides is 1. The SMILES string of the molecule is COCc1ccc(C(=O)N[C@@H]2CC[C@H](C(=O)O)C2)o1. The number of hydrogen-bond acceptors (Lipinski definition) is 4. The van der Waals surface area contributed by atoms with Gasteiger partial charge >= 0.3 is 5.97 Å². The normalized spacial score (nSPS) is 22.4. The second-order valence-electron chi connectivity index (χ2n) is 4.72. The Morgan fingerprint density at radius 3 is 2.89 bits per heavy atom. The summed E-state index contributed by atoms with van der Waals surface area (Å²) in [6.45, 7) is 0.317. The highest BCUT2D eigenvalue weighted by atomic mass is 16.5. The maximum absolute atomic E-state index is 11.9. The number of carbonyl (C=O) groups is 2. The van der Waals surface area contributed by atoms with Crippen molar-refractivity contribution >= 4 is 11.9 Å². The van der Waals surface area contributed by atoms with Crippen LogP contribution >= 0.6 is 0 Å². The van der Waals surface area contributed by atoms with Crippen molar-refractivity contribution in [3.05, 3.63) is 23.7 Å². The third kappa shape index (κ3) is 3.35. The molecule has 1 aromatic heterocycles. The summed E-state index contributed by atoms with van der Waals surface area (Å²) in [5.74, 6) is -0.644. The molecule has 6 heteroatoms. The molecular formula is C13H17NO5. The molecule has 2 rings (SSSR count).